The fourth-order valence-electron chi connectivity index (χ4n) is 5.15. The minimum absolute atomic E-state index is 0.0196. The van der Waals surface area contributed by atoms with Gasteiger partial charge < -0.3 is 25.4 Å². The number of hydrogen-bond acceptors (Lipinski definition) is 5. The van der Waals surface area contributed by atoms with E-state index in [4.69, 9.17) is 16.3 Å². The molecule has 0 spiro atoms. The molecule has 2 amide bonds. The Labute approximate surface area is 209 Å². The molecule has 2 aromatic rings. The molecule has 1 atom stereocenters. The van der Waals surface area contributed by atoms with Crippen LogP contribution in [0, 0.1) is 11.2 Å². The lowest BCUT2D eigenvalue weighted by Crippen LogP contribution is -2.65. The van der Waals surface area contributed by atoms with E-state index in [0.29, 0.717) is 38.6 Å². The summed E-state index contributed by atoms with van der Waals surface area (Å²) in [4.78, 5) is 27.7. The molecule has 0 heterocycles. The van der Waals surface area contributed by atoms with Gasteiger partial charge in [0.05, 0.1) is 16.5 Å². The molecule has 1 unspecified atom stereocenters. The van der Waals surface area contributed by atoms with Gasteiger partial charge in [0.25, 0.3) is 5.91 Å². The van der Waals surface area contributed by atoms with Crippen LogP contribution in [0.2, 0.25) is 5.02 Å². The highest BCUT2D eigenvalue weighted by atomic mass is 35.5. The first-order valence-corrected chi connectivity index (χ1v) is 12.1. The monoisotopic (exact) mass is 503 g/mol. The first kappa shape index (κ1) is 25.3. The largest absolute Gasteiger partial charge is 0.484 e. The summed E-state index contributed by atoms with van der Waals surface area (Å²) in [5, 5.41) is 16.9. The highest BCUT2D eigenvalue weighted by Gasteiger charge is 2.58. The molecule has 188 valence electrons. The van der Waals surface area contributed by atoms with Crippen molar-refractivity contribution >= 4 is 29.1 Å². The van der Waals surface area contributed by atoms with Crippen LogP contribution in [-0.2, 0) is 16.1 Å². The smallest absolute Gasteiger partial charge is 0.258 e. The number of carbonyl (C=O) groups is 2. The average Bonchev–Trinajstić information content (AvgIpc) is 2.84. The summed E-state index contributed by atoms with van der Waals surface area (Å²) >= 11 is 5.66. The second-order valence-electron chi connectivity index (χ2n) is 9.81. The predicted octanol–water partition coefficient (Wildman–Crippen LogP) is 3.42. The first-order valence-electron chi connectivity index (χ1n) is 11.7. The number of amides is 2. The normalized spacial score (nSPS) is 25.1. The van der Waals surface area contributed by atoms with Gasteiger partial charge >= 0.3 is 0 Å². The fraction of sp³-hybridized carbons (Fsp3) is 0.462. The summed E-state index contributed by atoms with van der Waals surface area (Å²) in [6.45, 7) is 0.114. The van der Waals surface area contributed by atoms with Gasteiger partial charge in [0.2, 0.25) is 5.91 Å². The Morgan fingerprint density at radius 1 is 1.14 bits per heavy atom. The van der Waals surface area contributed by atoms with Crippen LogP contribution in [-0.4, -0.2) is 49.3 Å². The second-order valence-corrected chi connectivity index (χ2v) is 10.2. The van der Waals surface area contributed by atoms with Crippen LogP contribution in [0.1, 0.15) is 37.7 Å². The molecule has 0 saturated heterocycles. The Balaban J connectivity index is 1.30. The Morgan fingerprint density at radius 2 is 1.83 bits per heavy atom. The lowest BCUT2D eigenvalue weighted by Gasteiger charge is -2.55. The number of benzene rings is 2. The molecule has 3 fully saturated rings. The van der Waals surface area contributed by atoms with Crippen LogP contribution in [0.15, 0.2) is 42.5 Å². The number of ether oxygens (including phenoxy) is 1. The van der Waals surface area contributed by atoms with Gasteiger partial charge in [0, 0.05) is 37.9 Å². The Kier molecular flexibility index (Phi) is 7.24. The number of nitrogens with one attached hydrogen (secondary N) is 2. The van der Waals surface area contributed by atoms with E-state index < -0.39 is 22.9 Å². The van der Waals surface area contributed by atoms with Crippen molar-refractivity contribution in [1.29, 1.82) is 0 Å². The van der Waals surface area contributed by atoms with Crippen LogP contribution >= 0.6 is 11.6 Å². The molecule has 2 aromatic carbocycles. The van der Waals surface area contributed by atoms with Crippen LogP contribution < -0.4 is 20.3 Å². The molecule has 0 aliphatic heterocycles. The number of nitrogens with zero attached hydrogens (tertiary/aromatic N) is 1. The van der Waals surface area contributed by atoms with E-state index in [0.717, 1.165) is 17.3 Å². The van der Waals surface area contributed by atoms with E-state index in [1.165, 1.54) is 12.1 Å². The number of halogens is 2. The van der Waals surface area contributed by atoms with Crippen LogP contribution in [0.3, 0.4) is 0 Å². The van der Waals surface area contributed by atoms with Crippen LogP contribution in [0.4, 0.5) is 10.1 Å². The van der Waals surface area contributed by atoms with Gasteiger partial charge in [-0.3, -0.25) is 9.59 Å². The standard InChI is InChI=1S/C26H31ClFN3O4/c1-31(2)18-5-3-17(4-6-18)15-29-24(34)26-11-9-25(10-12-26,14-22(26)32)30-23(33)16-35-19-7-8-20(27)21(28)13-19/h3-8,13,22,32H,9-12,14-16H2,1-2H3,(H,29,34)(H,30,33). The SMILES string of the molecule is CN(C)c1ccc(CNC(=O)C23CCC(NC(=O)COc4ccc(Cl)c(F)c4)(CC2)CC3O)cc1. The molecule has 3 aliphatic rings. The molecule has 3 N–H and O–H groups in total. The Hall–Kier alpha value is -2.84. The summed E-state index contributed by atoms with van der Waals surface area (Å²) in [5.74, 6) is -0.910. The molecule has 5 rings (SSSR count). The van der Waals surface area contributed by atoms with E-state index in [1.807, 2.05) is 43.3 Å². The highest BCUT2D eigenvalue weighted by Crippen LogP contribution is 2.52. The van der Waals surface area contributed by atoms with Gasteiger partial charge in [-0.1, -0.05) is 23.7 Å². The molecular weight excluding hydrogens is 473 g/mol. The highest BCUT2D eigenvalue weighted by molar-refractivity contribution is 6.30. The third-order valence-electron chi connectivity index (χ3n) is 7.34. The minimum atomic E-state index is -0.854. The van der Waals surface area contributed by atoms with Crippen molar-refractivity contribution in [3.8, 4) is 5.75 Å². The van der Waals surface area contributed by atoms with Gasteiger partial charge in [-0.05, 0) is 61.9 Å². The topological polar surface area (TPSA) is 90.9 Å². The number of carbonyl (C=O) groups excluding carboxylic acids is 2. The molecule has 0 radical (unpaired) electrons. The number of anilines is 1. The number of rotatable bonds is 8. The van der Waals surface area contributed by atoms with E-state index in [-0.39, 0.29) is 29.2 Å². The molecular formula is C26H31ClFN3O4. The quantitative estimate of drug-likeness (QED) is 0.513. The molecule has 35 heavy (non-hydrogen) atoms. The Morgan fingerprint density at radius 3 is 2.43 bits per heavy atom. The number of hydrogen-bond donors (Lipinski definition) is 3. The maximum Gasteiger partial charge on any atom is 0.258 e. The minimum Gasteiger partial charge on any atom is -0.484 e. The van der Waals surface area contributed by atoms with Crippen molar-refractivity contribution < 1.29 is 23.8 Å². The zero-order valence-electron chi connectivity index (χ0n) is 19.9. The van der Waals surface area contributed by atoms with Crippen molar-refractivity contribution in [2.75, 3.05) is 25.6 Å². The lowest BCUT2D eigenvalue weighted by atomic mass is 9.55. The first-order chi connectivity index (χ1) is 16.6. The summed E-state index contributed by atoms with van der Waals surface area (Å²) in [5.41, 5.74) is 0.657. The van der Waals surface area contributed by atoms with E-state index in [9.17, 15) is 19.1 Å². The van der Waals surface area contributed by atoms with Crippen molar-refractivity contribution in [2.45, 2.75) is 50.3 Å². The van der Waals surface area contributed by atoms with Crippen molar-refractivity contribution in [1.82, 2.24) is 10.6 Å². The third kappa shape index (κ3) is 5.38. The molecule has 3 aliphatic carbocycles. The average molecular weight is 504 g/mol. The molecule has 7 nitrogen and oxygen atoms in total. The number of aliphatic hydroxyl groups is 1. The van der Waals surface area contributed by atoms with Crippen LogP contribution in [0.5, 0.6) is 5.75 Å². The van der Waals surface area contributed by atoms with Crippen molar-refractivity contribution in [3.05, 3.63) is 58.9 Å². The van der Waals surface area contributed by atoms with E-state index in [2.05, 4.69) is 10.6 Å². The van der Waals surface area contributed by atoms with E-state index in [1.54, 1.807) is 0 Å². The maximum absolute atomic E-state index is 13.6. The summed E-state index contributed by atoms with van der Waals surface area (Å²) in [6, 6.07) is 11.9. The summed E-state index contributed by atoms with van der Waals surface area (Å²) in [6.07, 6.45) is 1.62. The third-order valence-corrected chi connectivity index (χ3v) is 7.65. The van der Waals surface area contributed by atoms with Crippen molar-refractivity contribution in [2.24, 2.45) is 5.41 Å². The predicted molar refractivity (Wildman–Crippen MR) is 132 cm³/mol. The lowest BCUT2D eigenvalue weighted by molar-refractivity contribution is -0.156. The van der Waals surface area contributed by atoms with Gasteiger partial charge in [-0.15, -0.1) is 0 Å². The maximum atomic E-state index is 13.6. The fourth-order valence-corrected chi connectivity index (χ4v) is 5.27. The molecule has 0 aromatic heterocycles. The van der Waals surface area contributed by atoms with Gasteiger partial charge in [0.15, 0.2) is 6.61 Å². The van der Waals surface area contributed by atoms with E-state index >= 15 is 0 Å². The van der Waals surface area contributed by atoms with Crippen LogP contribution in [0.25, 0.3) is 0 Å². The van der Waals surface area contributed by atoms with Gasteiger partial charge in [0.1, 0.15) is 11.6 Å². The molecule has 3 saturated carbocycles. The summed E-state index contributed by atoms with van der Waals surface area (Å²) in [7, 11) is 3.94. The molecule has 2 bridgehead atoms. The van der Waals surface area contributed by atoms with Gasteiger partial charge in [-0.2, -0.15) is 0 Å². The summed E-state index contributed by atoms with van der Waals surface area (Å²) < 4.78 is 18.9. The number of aliphatic hydroxyl groups excluding tert-OH is 1. The van der Waals surface area contributed by atoms with Crippen molar-refractivity contribution in [3.63, 3.8) is 0 Å². The van der Waals surface area contributed by atoms with Gasteiger partial charge in [-0.25, -0.2) is 4.39 Å². The molecule has 9 heteroatoms. The number of fused-ring (bicyclic) bond motifs is 3. The zero-order valence-corrected chi connectivity index (χ0v) is 20.7. The zero-order chi connectivity index (χ0) is 25.2. The Bertz CT molecular complexity index is 1080. The second kappa shape index (κ2) is 10.0.